The molecule has 2 rings (SSSR count). The molecule has 0 aromatic heterocycles. The van der Waals surface area contributed by atoms with Gasteiger partial charge in [-0.05, 0) is 42.0 Å². The van der Waals surface area contributed by atoms with Crippen LogP contribution in [0.5, 0.6) is 0 Å². The van der Waals surface area contributed by atoms with Crippen LogP contribution in [0.3, 0.4) is 0 Å². The van der Waals surface area contributed by atoms with Gasteiger partial charge >= 0.3 is 0 Å². The molecule has 2 aromatic rings. The molecule has 4 nitrogen and oxygen atoms in total. The van der Waals surface area contributed by atoms with Crippen LogP contribution in [-0.2, 0) is 22.4 Å². The number of amides is 2. The maximum atomic E-state index is 13.3. The number of halogens is 2. The van der Waals surface area contributed by atoms with Crippen LogP contribution in [0.2, 0.25) is 10.0 Å². The van der Waals surface area contributed by atoms with Crippen molar-refractivity contribution >= 4 is 35.0 Å². The Morgan fingerprint density at radius 1 is 1.07 bits per heavy atom. The predicted molar refractivity (Wildman–Crippen MR) is 124 cm³/mol. The second-order valence-electron chi connectivity index (χ2n) is 7.80. The van der Waals surface area contributed by atoms with E-state index in [2.05, 4.69) is 5.32 Å². The molecule has 0 unspecified atom stereocenters. The molecule has 1 atom stereocenters. The Morgan fingerprint density at radius 3 is 2.37 bits per heavy atom. The summed E-state index contributed by atoms with van der Waals surface area (Å²) in [5.41, 5.74) is 1.82. The quantitative estimate of drug-likeness (QED) is 0.545. The van der Waals surface area contributed by atoms with Crippen LogP contribution < -0.4 is 5.32 Å². The lowest BCUT2D eigenvalue weighted by atomic mass is 10.1. The number of nitrogens with zero attached hydrogens (tertiary/aromatic N) is 1. The molecule has 6 heteroatoms. The van der Waals surface area contributed by atoms with Crippen molar-refractivity contribution in [1.82, 2.24) is 10.2 Å². The van der Waals surface area contributed by atoms with E-state index >= 15 is 0 Å². The minimum atomic E-state index is -0.522. The summed E-state index contributed by atoms with van der Waals surface area (Å²) in [6, 6.07) is 14.6. The first-order chi connectivity index (χ1) is 14.3. The van der Waals surface area contributed by atoms with Crippen molar-refractivity contribution < 1.29 is 9.59 Å². The normalized spacial score (nSPS) is 11.9. The van der Waals surface area contributed by atoms with Crippen molar-refractivity contribution in [3.63, 3.8) is 0 Å². The Bertz CT molecular complexity index is 840. The molecule has 0 spiro atoms. The van der Waals surface area contributed by atoms with Crippen molar-refractivity contribution in [3.8, 4) is 0 Å². The summed E-state index contributed by atoms with van der Waals surface area (Å²) in [6.07, 6.45) is 1.34. The van der Waals surface area contributed by atoms with E-state index < -0.39 is 6.04 Å². The molecule has 0 fully saturated rings. The number of carbonyl (C=O) groups excluding carboxylic acids is 2. The lowest BCUT2D eigenvalue weighted by Gasteiger charge is -2.31. The highest BCUT2D eigenvalue weighted by Gasteiger charge is 2.28. The summed E-state index contributed by atoms with van der Waals surface area (Å²) in [7, 11) is 0. The van der Waals surface area contributed by atoms with Gasteiger partial charge in [0, 0.05) is 23.1 Å². The van der Waals surface area contributed by atoms with E-state index in [0.717, 1.165) is 5.56 Å². The van der Waals surface area contributed by atoms with Crippen molar-refractivity contribution in [2.24, 2.45) is 5.92 Å². The van der Waals surface area contributed by atoms with E-state index in [1.807, 2.05) is 51.1 Å². The van der Waals surface area contributed by atoms with Crippen molar-refractivity contribution in [3.05, 3.63) is 69.7 Å². The largest absolute Gasteiger partial charge is 0.354 e. The molecule has 0 aliphatic carbocycles. The highest BCUT2D eigenvalue weighted by atomic mass is 35.5. The van der Waals surface area contributed by atoms with Gasteiger partial charge in [-0.15, -0.1) is 0 Å². The molecule has 0 aliphatic heterocycles. The molecule has 0 bridgehead atoms. The highest BCUT2D eigenvalue weighted by Crippen LogP contribution is 2.22. The Morgan fingerprint density at radius 2 is 1.77 bits per heavy atom. The number of rotatable bonds is 10. The van der Waals surface area contributed by atoms with E-state index in [4.69, 9.17) is 23.2 Å². The Labute approximate surface area is 189 Å². The molecule has 30 heavy (non-hydrogen) atoms. The summed E-state index contributed by atoms with van der Waals surface area (Å²) >= 11 is 12.3. The van der Waals surface area contributed by atoms with E-state index in [1.54, 1.807) is 23.1 Å². The number of hydrogen-bond donors (Lipinski definition) is 1. The summed E-state index contributed by atoms with van der Waals surface area (Å²) in [4.78, 5) is 27.8. The molecular formula is C24H30Cl2N2O2. The van der Waals surface area contributed by atoms with Gasteiger partial charge in [-0.2, -0.15) is 0 Å². The molecule has 1 N–H and O–H groups in total. The monoisotopic (exact) mass is 448 g/mol. The number of nitrogens with one attached hydrogen (secondary N) is 1. The fourth-order valence-electron chi connectivity index (χ4n) is 3.25. The third-order valence-corrected chi connectivity index (χ3v) is 5.50. The molecule has 0 saturated carbocycles. The van der Waals surface area contributed by atoms with Crippen LogP contribution in [-0.4, -0.2) is 35.8 Å². The number of hydrogen-bond acceptors (Lipinski definition) is 2. The van der Waals surface area contributed by atoms with Gasteiger partial charge in [-0.1, -0.05) is 80.4 Å². The van der Waals surface area contributed by atoms with Gasteiger partial charge in [-0.3, -0.25) is 9.59 Å². The van der Waals surface area contributed by atoms with Crippen LogP contribution in [0.25, 0.3) is 0 Å². The Hall–Kier alpha value is -2.04. The maximum Gasteiger partial charge on any atom is 0.242 e. The highest BCUT2D eigenvalue weighted by molar-refractivity contribution is 6.35. The lowest BCUT2D eigenvalue weighted by Crippen LogP contribution is -2.51. The van der Waals surface area contributed by atoms with Gasteiger partial charge in [-0.25, -0.2) is 0 Å². The van der Waals surface area contributed by atoms with Crippen LogP contribution in [0.1, 0.15) is 38.3 Å². The third-order valence-electron chi connectivity index (χ3n) is 4.91. The van der Waals surface area contributed by atoms with Crippen LogP contribution in [0, 0.1) is 5.92 Å². The summed E-state index contributed by atoms with van der Waals surface area (Å²) in [6.45, 7) is 7.06. The Balaban J connectivity index is 2.21. The average molecular weight is 449 g/mol. The topological polar surface area (TPSA) is 49.4 Å². The zero-order valence-corrected chi connectivity index (χ0v) is 19.3. The standard InChI is InChI=1S/C24H30Cl2N2O2/c1-4-22(24(30)27-16-17(2)3)28(13-12-18-8-6-5-7-9-18)23(29)14-19-10-11-20(25)15-21(19)26/h5-11,15,17,22H,4,12-14,16H2,1-3H3,(H,27,30)/t22-/m0/s1. The predicted octanol–water partition coefficient (Wildman–Crippen LogP) is 5.16. The van der Waals surface area contributed by atoms with Crippen LogP contribution in [0.4, 0.5) is 0 Å². The number of benzene rings is 2. The van der Waals surface area contributed by atoms with Crippen molar-refractivity contribution in [1.29, 1.82) is 0 Å². The second kappa shape index (κ2) is 12.0. The zero-order chi connectivity index (χ0) is 22.1. The van der Waals surface area contributed by atoms with E-state index in [0.29, 0.717) is 47.5 Å². The van der Waals surface area contributed by atoms with Crippen LogP contribution >= 0.6 is 23.2 Å². The maximum absolute atomic E-state index is 13.3. The summed E-state index contributed by atoms with van der Waals surface area (Å²) in [5.74, 6) is 0.101. The summed E-state index contributed by atoms with van der Waals surface area (Å²) < 4.78 is 0. The first-order valence-electron chi connectivity index (χ1n) is 10.4. The van der Waals surface area contributed by atoms with Gasteiger partial charge in [0.2, 0.25) is 11.8 Å². The first-order valence-corrected chi connectivity index (χ1v) is 11.1. The van der Waals surface area contributed by atoms with Crippen molar-refractivity contribution in [2.45, 2.75) is 46.1 Å². The van der Waals surface area contributed by atoms with E-state index in [1.165, 1.54) is 0 Å². The molecule has 0 aliphatic rings. The van der Waals surface area contributed by atoms with E-state index in [9.17, 15) is 9.59 Å². The van der Waals surface area contributed by atoms with Crippen molar-refractivity contribution in [2.75, 3.05) is 13.1 Å². The SMILES string of the molecule is CC[C@@H](C(=O)NCC(C)C)N(CCc1ccccc1)C(=O)Cc1ccc(Cl)cc1Cl. The minimum absolute atomic E-state index is 0.116. The van der Waals surface area contributed by atoms with Gasteiger partial charge in [0.05, 0.1) is 6.42 Å². The molecule has 2 amide bonds. The minimum Gasteiger partial charge on any atom is -0.354 e. The molecule has 0 saturated heterocycles. The Kier molecular flexibility index (Phi) is 9.67. The molecular weight excluding hydrogens is 419 g/mol. The smallest absolute Gasteiger partial charge is 0.242 e. The molecule has 0 heterocycles. The number of carbonyl (C=O) groups is 2. The second-order valence-corrected chi connectivity index (χ2v) is 8.64. The van der Waals surface area contributed by atoms with Gasteiger partial charge < -0.3 is 10.2 Å². The van der Waals surface area contributed by atoms with Crippen LogP contribution in [0.15, 0.2) is 48.5 Å². The molecule has 162 valence electrons. The zero-order valence-electron chi connectivity index (χ0n) is 17.8. The fraction of sp³-hybridized carbons (Fsp3) is 0.417. The van der Waals surface area contributed by atoms with E-state index in [-0.39, 0.29) is 18.2 Å². The first kappa shape index (κ1) is 24.2. The van der Waals surface area contributed by atoms with Gasteiger partial charge in [0.1, 0.15) is 6.04 Å². The molecule has 2 aromatic carbocycles. The van der Waals surface area contributed by atoms with Gasteiger partial charge in [0.25, 0.3) is 0 Å². The van der Waals surface area contributed by atoms with Gasteiger partial charge in [0.15, 0.2) is 0 Å². The lowest BCUT2D eigenvalue weighted by molar-refractivity contribution is -0.140. The third kappa shape index (κ3) is 7.33. The average Bonchev–Trinajstić information content (AvgIpc) is 2.72. The fourth-order valence-corrected chi connectivity index (χ4v) is 3.72. The summed E-state index contributed by atoms with van der Waals surface area (Å²) in [5, 5.41) is 3.95. The molecule has 0 radical (unpaired) electrons.